The van der Waals surface area contributed by atoms with Crippen LogP contribution in [0, 0.1) is 13.0 Å². The number of benzene rings is 2. The third-order valence-corrected chi connectivity index (χ3v) is 4.86. The molecule has 0 radical (unpaired) electrons. The molecule has 0 atom stereocenters. The van der Waals surface area contributed by atoms with Gasteiger partial charge in [0.15, 0.2) is 11.4 Å². The lowest BCUT2D eigenvalue weighted by molar-refractivity contribution is -0.132. The van der Waals surface area contributed by atoms with E-state index in [1.165, 1.54) is 25.1 Å². The minimum absolute atomic E-state index is 0.0571. The summed E-state index contributed by atoms with van der Waals surface area (Å²) in [6.07, 6.45) is 1.57. The molecule has 0 bridgehead atoms. The zero-order valence-electron chi connectivity index (χ0n) is 13.3. The van der Waals surface area contributed by atoms with Crippen molar-refractivity contribution in [2.24, 2.45) is 4.99 Å². The third-order valence-electron chi connectivity index (χ3n) is 3.26. The Kier molecular flexibility index (Phi) is 5.70. The Morgan fingerprint density at radius 3 is 2.54 bits per heavy atom. The van der Waals surface area contributed by atoms with Gasteiger partial charge in [-0.2, -0.15) is 0 Å². The number of hydrogen-bond donors (Lipinski definition) is 0. The second-order valence-corrected chi connectivity index (χ2v) is 7.58. The van der Waals surface area contributed by atoms with Gasteiger partial charge < -0.3 is 9.47 Å². The van der Waals surface area contributed by atoms with Crippen molar-refractivity contribution in [2.45, 2.75) is 6.92 Å². The molecule has 0 spiro atoms. The molecule has 0 saturated heterocycles. The van der Waals surface area contributed by atoms with Gasteiger partial charge in [-0.3, -0.25) is 4.79 Å². The van der Waals surface area contributed by atoms with E-state index in [4.69, 9.17) is 9.47 Å². The highest BCUT2D eigenvalue weighted by Gasteiger charge is 2.24. The number of esters is 2. The molecule has 26 heavy (non-hydrogen) atoms. The monoisotopic (exact) mass is 577 g/mol. The molecule has 0 fully saturated rings. The van der Waals surface area contributed by atoms with Crippen molar-refractivity contribution < 1.29 is 23.5 Å². The lowest BCUT2D eigenvalue weighted by Crippen LogP contribution is -2.06. The highest BCUT2D eigenvalue weighted by molar-refractivity contribution is 14.1. The first-order valence-corrected chi connectivity index (χ1v) is 9.45. The van der Waals surface area contributed by atoms with Crippen molar-refractivity contribution in [3.8, 4) is 5.75 Å². The van der Waals surface area contributed by atoms with Gasteiger partial charge in [0, 0.05) is 12.5 Å². The zero-order chi connectivity index (χ0) is 18.8. The summed E-state index contributed by atoms with van der Waals surface area (Å²) in [5.41, 5.74) is 1.19. The van der Waals surface area contributed by atoms with Gasteiger partial charge in [-0.15, -0.1) is 0 Å². The molecular weight excluding hydrogens is 567 g/mol. The fourth-order valence-corrected chi connectivity index (χ4v) is 4.25. The molecule has 1 aliphatic rings. The number of aliphatic imine (C=N–C) groups is 1. The molecule has 5 nitrogen and oxygen atoms in total. The smallest absolute Gasteiger partial charge is 0.363 e. The van der Waals surface area contributed by atoms with Crippen LogP contribution >= 0.6 is 45.2 Å². The van der Waals surface area contributed by atoms with Crippen molar-refractivity contribution >= 4 is 69.1 Å². The maximum Gasteiger partial charge on any atom is 0.363 e. The lowest BCUT2D eigenvalue weighted by atomic mass is 10.2. The second kappa shape index (κ2) is 7.82. The number of cyclic esters (lactones) is 1. The van der Waals surface area contributed by atoms with Crippen LogP contribution in [0.5, 0.6) is 5.75 Å². The Hall–Kier alpha value is -1.82. The van der Waals surface area contributed by atoms with Crippen LogP contribution in [-0.4, -0.2) is 17.8 Å². The minimum atomic E-state index is -0.613. The first-order valence-electron chi connectivity index (χ1n) is 7.29. The van der Waals surface area contributed by atoms with Crippen LogP contribution < -0.4 is 4.74 Å². The van der Waals surface area contributed by atoms with Crippen LogP contribution in [0.2, 0.25) is 0 Å². The number of carbonyl (C=O) groups excluding carboxylic acids is 2. The quantitative estimate of drug-likeness (QED) is 0.236. The lowest BCUT2D eigenvalue weighted by Gasteiger charge is -2.08. The molecule has 1 heterocycles. The number of ether oxygens (including phenoxy) is 2. The molecule has 0 aromatic heterocycles. The van der Waals surface area contributed by atoms with Crippen LogP contribution in [0.15, 0.2) is 47.1 Å². The molecule has 1 aliphatic heterocycles. The summed E-state index contributed by atoms with van der Waals surface area (Å²) in [5.74, 6) is -0.932. The van der Waals surface area contributed by atoms with Crippen LogP contribution in [0.25, 0.3) is 6.08 Å². The number of halogens is 3. The van der Waals surface area contributed by atoms with Gasteiger partial charge in [0.25, 0.3) is 0 Å². The Balaban J connectivity index is 1.94. The molecule has 132 valence electrons. The fraction of sp³-hybridized carbons (Fsp3) is 0.0556. The van der Waals surface area contributed by atoms with E-state index in [1.54, 1.807) is 24.3 Å². The maximum absolute atomic E-state index is 13.3. The summed E-state index contributed by atoms with van der Waals surface area (Å²) in [6.45, 7) is 1.33. The summed E-state index contributed by atoms with van der Waals surface area (Å²) >= 11 is 4.10. The first-order chi connectivity index (χ1) is 12.3. The first kappa shape index (κ1) is 19.0. The summed E-state index contributed by atoms with van der Waals surface area (Å²) in [7, 11) is 0. The summed E-state index contributed by atoms with van der Waals surface area (Å²) in [5, 5.41) is 0. The van der Waals surface area contributed by atoms with Crippen molar-refractivity contribution in [3.63, 3.8) is 0 Å². The SMILES string of the molecule is CC(=O)Oc1c(I)cc(/C=C2\N=C(c3cccc(F)c3)OC2=O)cc1I. The van der Waals surface area contributed by atoms with Crippen molar-refractivity contribution in [1.29, 1.82) is 0 Å². The van der Waals surface area contributed by atoms with E-state index in [0.717, 1.165) is 7.14 Å². The molecule has 2 aromatic carbocycles. The Morgan fingerprint density at radius 1 is 1.23 bits per heavy atom. The maximum atomic E-state index is 13.3. The number of rotatable bonds is 3. The second-order valence-electron chi connectivity index (χ2n) is 5.25. The Morgan fingerprint density at radius 2 is 1.92 bits per heavy atom. The summed E-state index contributed by atoms with van der Waals surface area (Å²) in [6, 6.07) is 9.19. The Bertz CT molecular complexity index is 962. The van der Waals surface area contributed by atoms with E-state index in [-0.39, 0.29) is 11.6 Å². The third kappa shape index (κ3) is 4.29. The molecule has 0 unspecified atom stereocenters. The van der Waals surface area contributed by atoms with Gasteiger partial charge in [0.1, 0.15) is 5.82 Å². The molecular formula is C18H10FI2NO4. The zero-order valence-corrected chi connectivity index (χ0v) is 17.6. The topological polar surface area (TPSA) is 65.0 Å². The Labute approximate surface area is 175 Å². The normalized spacial score (nSPS) is 15.0. The number of hydrogen-bond acceptors (Lipinski definition) is 5. The van der Waals surface area contributed by atoms with E-state index in [1.807, 2.05) is 45.2 Å². The average Bonchev–Trinajstić information content (AvgIpc) is 2.92. The largest absolute Gasteiger partial charge is 0.424 e. The number of carbonyl (C=O) groups is 2. The number of nitrogens with zero attached hydrogens (tertiary/aromatic N) is 1. The van der Waals surface area contributed by atoms with Gasteiger partial charge in [-0.05, 0) is 87.2 Å². The van der Waals surface area contributed by atoms with Gasteiger partial charge in [-0.1, -0.05) is 6.07 Å². The van der Waals surface area contributed by atoms with Crippen LogP contribution in [0.4, 0.5) is 4.39 Å². The van der Waals surface area contributed by atoms with E-state index >= 15 is 0 Å². The van der Waals surface area contributed by atoms with Crippen LogP contribution in [0.1, 0.15) is 18.1 Å². The molecule has 3 rings (SSSR count). The highest BCUT2D eigenvalue weighted by Crippen LogP contribution is 2.30. The molecule has 8 heteroatoms. The summed E-state index contributed by atoms with van der Waals surface area (Å²) in [4.78, 5) is 27.4. The van der Waals surface area contributed by atoms with Crippen molar-refractivity contribution in [1.82, 2.24) is 0 Å². The van der Waals surface area contributed by atoms with Crippen molar-refractivity contribution in [3.05, 3.63) is 66.2 Å². The van der Waals surface area contributed by atoms with E-state index in [2.05, 4.69) is 4.99 Å². The predicted molar refractivity (Wildman–Crippen MR) is 110 cm³/mol. The fourth-order valence-electron chi connectivity index (χ4n) is 2.22. The van der Waals surface area contributed by atoms with Gasteiger partial charge in [0.2, 0.25) is 5.90 Å². The molecule has 2 aromatic rings. The molecule has 0 amide bonds. The molecule has 0 N–H and O–H groups in total. The van der Waals surface area contributed by atoms with E-state index < -0.39 is 17.8 Å². The van der Waals surface area contributed by atoms with Gasteiger partial charge >= 0.3 is 11.9 Å². The van der Waals surface area contributed by atoms with E-state index in [0.29, 0.717) is 16.9 Å². The van der Waals surface area contributed by atoms with Crippen LogP contribution in [-0.2, 0) is 14.3 Å². The highest BCUT2D eigenvalue weighted by atomic mass is 127. The van der Waals surface area contributed by atoms with Crippen molar-refractivity contribution in [2.75, 3.05) is 0 Å². The average molecular weight is 577 g/mol. The van der Waals surface area contributed by atoms with Gasteiger partial charge in [0.05, 0.1) is 7.14 Å². The predicted octanol–water partition coefficient (Wildman–Crippen LogP) is 4.30. The van der Waals surface area contributed by atoms with Gasteiger partial charge in [-0.25, -0.2) is 14.2 Å². The molecule has 0 saturated carbocycles. The summed E-state index contributed by atoms with van der Waals surface area (Å²) < 4.78 is 25.1. The molecule has 0 aliphatic carbocycles. The standard InChI is InChI=1S/C18H10FI2NO4/c1-9(23)25-16-13(20)5-10(6-14(16)21)7-15-18(24)26-17(22-15)11-3-2-4-12(19)8-11/h2-8H,1H3/b15-7-. The van der Waals surface area contributed by atoms with Crippen LogP contribution in [0.3, 0.4) is 0 Å². The minimum Gasteiger partial charge on any atom is -0.424 e. The van der Waals surface area contributed by atoms with E-state index in [9.17, 15) is 14.0 Å².